The van der Waals surface area contributed by atoms with Crippen LogP contribution in [-0.4, -0.2) is 22.4 Å². The first-order valence-corrected chi connectivity index (χ1v) is 7.98. The number of rotatable bonds is 5. The molecule has 0 radical (unpaired) electrons. The molecule has 3 rings (SSSR count). The summed E-state index contributed by atoms with van der Waals surface area (Å²) in [5.74, 6) is 0.706. The van der Waals surface area contributed by atoms with Crippen LogP contribution in [0.25, 0.3) is 0 Å². The molecule has 106 valence electrons. The van der Waals surface area contributed by atoms with Gasteiger partial charge in [-0.3, -0.25) is 4.68 Å². The zero-order valence-electron chi connectivity index (χ0n) is 11.7. The van der Waals surface area contributed by atoms with Crippen LogP contribution in [0.1, 0.15) is 30.0 Å². The highest BCUT2D eigenvalue weighted by Gasteiger charge is 2.30. The van der Waals surface area contributed by atoms with Crippen molar-refractivity contribution in [3.05, 3.63) is 52.3 Å². The highest BCUT2D eigenvalue weighted by molar-refractivity contribution is 9.10. The van der Waals surface area contributed by atoms with E-state index >= 15 is 0 Å². The fourth-order valence-electron chi connectivity index (χ4n) is 2.85. The third-order valence-electron chi connectivity index (χ3n) is 4.07. The number of hydrogen-bond donors (Lipinski definition) is 1. The lowest BCUT2D eigenvalue weighted by atomic mass is 9.76. The number of halogens is 1. The largest absolute Gasteiger partial charge is 0.314 e. The molecular formula is C16H20BrN3. The molecule has 1 N–H and O–H groups in total. The van der Waals surface area contributed by atoms with Crippen molar-refractivity contribution < 1.29 is 0 Å². The zero-order valence-corrected chi connectivity index (χ0v) is 13.3. The Balaban J connectivity index is 1.41. The van der Waals surface area contributed by atoms with Gasteiger partial charge in [-0.25, -0.2) is 0 Å². The van der Waals surface area contributed by atoms with Crippen LogP contribution < -0.4 is 5.32 Å². The normalized spacial score (nSPS) is 21.7. The second-order valence-electron chi connectivity index (χ2n) is 5.57. The van der Waals surface area contributed by atoms with Crippen LogP contribution in [0.2, 0.25) is 0 Å². The minimum absolute atomic E-state index is 0.663. The molecule has 0 amide bonds. The average Bonchev–Trinajstić information content (AvgIpc) is 2.79. The van der Waals surface area contributed by atoms with Crippen molar-refractivity contribution in [3.63, 3.8) is 0 Å². The number of benzene rings is 1. The summed E-state index contributed by atoms with van der Waals surface area (Å²) >= 11 is 3.65. The second-order valence-corrected chi connectivity index (χ2v) is 6.43. The van der Waals surface area contributed by atoms with Crippen LogP contribution in [0.15, 0.2) is 41.0 Å². The number of nitrogens with one attached hydrogen (secondary N) is 1. The lowest BCUT2D eigenvalue weighted by Gasteiger charge is -2.37. The Morgan fingerprint density at radius 3 is 2.80 bits per heavy atom. The van der Waals surface area contributed by atoms with Gasteiger partial charge in [0.15, 0.2) is 0 Å². The Morgan fingerprint density at radius 2 is 2.10 bits per heavy atom. The van der Waals surface area contributed by atoms with Crippen molar-refractivity contribution in [2.24, 2.45) is 7.05 Å². The SMILES string of the molecule is Cn1ccc(CCNC2CC(c3ccccc3Br)C2)n1. The Hall–Kier alpha value is -1.13. The predicted octanol–water partition coefficient (Wildman–Crippen LogP) is 3.26. The molecule has 1 saturated carbocycles. The molecule has 0 aliphatic heterocycles. The van der Waals surface area contributed by atoms with Crippen LogP contribution in [0.4, 0.5) is 0 Å². The number of hydrogen-bond acceptors (Lipinski definition) is 2. The first-order chi connectivity index (χ1) is 9.72. The fraction of sp³-hybridized carbons (Fsp3) is 0.438. The van der Waals surface area contributed by atoms with E-state index in [1.54, 1.807) is 0 Å². The van der Waals surface area contributed by atoms with Crippen LogP contribution in [0.5, 0.6) is 0 Å². The summed E-state index contributed by atoms with van der Waals surface area (Å²) in [4.78, 5) is 0. The van der Waals surface area contributed by atoms with Gasteiger partial charge in [-0.15, -0.1) is 0 Å². The molecule has 1 aliphatic rings. The maximum absolute atomic E-state index is 4.40. The lowest BCUT2D eigenvalue weighted by molar-refractivity contribution is 0.292. The summed E-state index contributed by atoms with van der Waals surface area (Å²) in [6.07, 6.45) is 5.49. The maximum Gasteiger partial charge on any atom is 0.0637 e. The molecule has 2 aromatic rings. The number of aromatic nitrogens is 2. The van der Waals surface area contributed by atoms with Gasteiger partial charge in [0.1, 0.15) is 0 Å². The van der Waals surface area contributed by atoms with Gasteiger partial charge in [0.05, 0.1) is 5.69 Å². The molecular weight excluding hydrogens is 314 g/mol. The van der Waals surface area contributed by atoms with Gasteiger partial charge in [0, 0.05) is 36.7 Å². The Kier molecular flexibility index (Phi) is 4.22. The first-order valence-electron chi connectivity index (χ1n) is 7.18. The maximum atomic E-state index is 4.40. The summed E-state index contributed by atoms with van der Waals surface area (Å²) in [6.45, 7) is 1.02. The molecule has 1 aromatic carbocycles. The van der Waals surface area contributed by atoms with Gasteiger partial charge in [0.2, 0.25) is 0 Å². The predicted molar refractivity (Wildman–Crippen MR) is 84.8 cm³/mol. The van der Waals surface area contributed by atoms with Crippen molar-refractivity contribution in [2.75, 3.05) is 6.54 Å². The molecule has 1 aliphatic carbocycles. The highest BCUT2D eigenvalue weighted by Crippen LogP contribution is 2.39. The van der Waals surface area contributed by atoms with E-state index < -0.39 is 0 Å². The van der Waals surface area contributed by atoms with Crippen LogP contribution >= 0.6 is 15.9 Å². The van der Waals surface area contributed by atoms with E-state index in [0.717, 1.165) is 13.0 Å². The first kappa shape index (κ1) is 13.8. The van der Waals surface area contributed by atoms with Gasteiger partial charge >= 0.3 is 0 Å². The van der Waals surface area contributed by atoms with E-state index in [1.165, 1.54) is 28.6 Å². The van der Waals surface area contributed by atoms with Gasteiger partial charge in [-0.05, 0) is 36.5 Å². The summed E-state index contributed by atoms with van der Waals surface area (Å²) < 4.78 is 3.11. The van der Waals surface area contributed by atoms with E-state index in [2.05, 4.69) is 56.7 Å². The average molecular weight is 334 g/mol. The summed E-state index contributed by atoms with van der Waals surface area (Å²) in [6, 6.07) is 11.3. The van der Waals surface area contributed by atoms with Crippen molar-refractivity contribution in [1.82, 2.24) is 15.1 Å². The summed E-state index contributed by atoms with van der Waals surface area (Å²) in [7, 11) is 1.96. The topological polar surface area (TPSA) is 29.9 Å². The molecule has 0 atom stereocenters. The van der Waals surface area contributed by atoms with E-state index in [0.29, 0.717) is 12.0 Å². The molecule has 20 heavy (non-hydrogen) atoms. The van der Waals surface area contributed by atoms with Gasteiger partial charge in [-0.2, -0.15) is 5.10 Å². The van der Waals surface area contributed by atoms with Gasteiger partial charge in [-0.1, -0.05) is 34.1 Å². The second kappa shape index (κ2) is 6.10. The van der Waals surface area contributed by atoms with Gasteiger partial charge in [0.25, 0.3) is 0 Å². The summed E-state index contributed by atoms with van der Waals surface area (Å²) in [5.41, 5.74) is 2.62. The molecule has 0 unspecified atom stereocenters. The third kappa shape index (κ3) is 3.13. The highest BCUT2D eigenvalue weighted by atomic mass is 79.9. The van der Waals surface area contributed by atoms with E-state index in [-0.39, 0.29) is 0 Å². The minimum atomic E-state index is 0.663. The van der Waals surface area contributed by atoms with E-state index in [4.69, 9.17) is 0 Å². The van der Waals surface area contributed by atoms with Crippen LogP contribution in [0.3, 0.4) is 0 Å². The van der Waals surface area contributed by atoms with Crippen molar-refractivity contribution in [1.29, 1.82) is 0 Å². The zero-order chi connectivity index (χ0) is 13.9. The van der Waals surface area contributed by atoms with Gasteiger partial charge < -0.3 is 5.32 Å². The van der Waals surface area contributed by atoms with Crippen molar-refractivity contribution in [2.45, 2.75) is 31.2 Å². The fourth-order valence-corrected chi connectivity index (χ4v) is 3.45. The Bertz CT molecular complexity index is 573. The third-order valence-corrected chi connectivity index (χ3v) is 4.79. The molecule has 1 heterocycles. The molecule has 3 nitrogen and oxygen atoms in total. The lowest BCUT2D eigenvalue weighted by Crippen LogP contribution is -2.41. The van der Waals surface area contributed by atoms with Crippen LogP contribution in [-0.2, 0) is 13.5 Å². The number of nitrogens with zero attached hydrogens (tertiary/aromatic N) is 2. The monoisotopic (exact) mass is 333 g/mol. The summed E-state index contributed by atoms with van der Waals surface area (Å²) in [5, 5.41) is 8.03. The molecule has 0 spiro atoms. The van der Waals surface area contributed by atoms with Crippen LogP contribution in [0, 0.1) is 0 Å². The number of aryl methyl sites for hydroxylation is 1. The molecule has 1 aromatic heterocycles. The molecule has 4 heteroatoms. The van der Waals surface area contributed by atoms with Crippen molar-refractivity contribution in [3.8, 4) is 0 Å². The Labute approximate surface area is 128 Å². The molecule has 0 saturated heterocycles. The quantitative estimate of drug-likeness (QED) is 0.910. The van der Waals surface area contributed by atoms with E-state index in [9.17, 15) is 0 Å². The smallest absolute Gasteiger partial charge is 0.0637 e. The minimum Gasteiger partial charge on any atom is -0.314 e. The standard InChI is InChI=1S/C16H20BrN3/c1-20-9-7-13(19-20)6-8-18-14-10-12(11-14)15-4-2-3-5-16(15)17/h2-5,7,9,12,14,18H,6,8,10-11H2,1H3. The molecule has 1 fully saturated rings. The van der Waals surface area contributed by atoms with E-state index in [1.807, 2.05) is 17.9 Å². The molecule has 0 bridgehead atoms. The van der Waals surface area contributed by atoms with Crippen molar-refractivity contribution >= 4 is 15.9 Å². The Morgan fingerprint density at radius 1 is 1.30 bits per heavy atom.